The molecule has 6 rings (SSSR count). The lowest BCUT2D eigenvalue weighted by atomic mass is 9.82. The number of rotatable bonds is 2. The fraction of sp³-hybridized carbons (Fsp3) is 0.103. The molecule has 2 heterocycles. The Morgan fingerprint density at radius 1 is 0.688 bits per heavy atom. The minimum Gasteiger partial charge on any atom is -0.507 e. The summed E-state index contributed by atoms with van der Waals surface area (Å²) in [4.78, 5) is 9.70. The van der Waals surface area contributed by atoms with Crippen LogP contribution in [0.5, 0.6) is 5.75 Å². The predicted molar refractivity (Wildman–Crippen MR) is 130 cm³/mol. The number of pyridine rings is 2. The molecule has 0 saturated carbocycles. The Morgan fingerprint density at radius 3 is 2.28 bits per heavy atom. The second-order valence-corrected chi connectivity index (χ2v) is 8.91. The lowest BCUT2D eigenvalue weighted by Gasteiger charge is -2.21. The van der Waals surface area contributed by atoms with Crippen LogP contribution in [0.1, 0.15) is 25.0 Å². The maximum atomic E-state index is 10.6. The normalized spacial score (nSPS) is 13.7. The molecule has 0 saturated heterocycles. The van der Waals surface area contributed by atoms with Gasteiger partial charge in [-0.15, -0.1) is 0 Å². The van der Waals surface area contributed by atoms with Gasteiger partial charge >= 0.3 is 0 Å². The van der Waals surface area contributed by atoms with Gasteiger partial charge in [0.1, 0.15) is 5.75 Å². The maximum absolute atomic E-state index is 10.6. The summed E-state index contributed by atoms with van der Waals surface area (Å²) in [5.74, 6) is 0.285. The molecule has 2 aromatic heterocycles. The summed E-state index contributed by atoms with van der Waals surface area (Å²) >= 11 is 0. The van der Waals surface area contributed by atoms with Crippen LogP contribution >= 0.6 is 0 Å². The van der Waals surface area contributed by atoms with Gasteiger partial charge in [-0.3, -0.25) is 4.98 Å². The average Bonchev–Trinajstić information content (AvgIpc) is 3.06. The van der Waals surface area contributed by atoms with Crippen LogP contribution < -0.4 is 0 Å². The molecule has 0 aliphatic heterocycles. The summed E-state index contributed by atoms with van der Waals surface area (Å²) in [6, 6.07) is 28.7. The van der Waals surface area contributed by atoms with E-state index in [1.165, 1.54) is 5.39 Å². The fourth-order valence-electron chi connectivity index (χ4n) is 4.85. The Balaban J connectivity index is 1.47. The van der Waals surface area contributed by atoms with Gasteiger partial charge in [-0.2, -0.15) is 0 Å². The third-order valence-corrected chi connectivity index (χ3v) is 6.61. The van der Waals surface area contributed by atoms with Crippen molar-refractivity contribution in [2.24, 2.45) is 0 Å². The van der Waals surface area contributed by atoms with Crippen LogP contribution in [0.15, 0.2) is 91.1 Å². The zero-order valence-corrected chi connectivity index (χ0v) is 18.0. The Labute approximate surface area is 187 Å². The van der Waals surface area contributed by atoms with Gasteiger partial charge in [0.25, 0.3) is 0 Å². The van der Waals surface area contributed by atoms with E-state index in [1.807, 2.05) is 30.5 Å². The maximum Gasteiger partial charge on any atom is 0.125 e. The second kappa shape index (κ2) is 6.76. The molecule has 5 aromatic rings. The van der Waals surface area contributed by atoms with E-state index >= 15 is 0 Å². The van der Waals surface area contributed by atoms with E-state index in [9.17, 15) is 5.11 Å². The molecule has 0 atom stereocenters. The standard InChI is InChI=1S/C29H22N2O/c1-29(2)22-11-6-12-26(32)27(22)28-23(29)13-14-24(31-28)19-9-5-10-20(15-19)25-16-18-7-3-4-8-21(18)17-30-25/h3-17,32H,1-2H3. The summed E-state index contributed by atoms with van der Waals surface area (Å²) in [6.07, 6.45) is 1.92. The van der Waals surface area contributed by atoms with E-state index in [2.05, 4.69) is 73.4 Å². The van der Waals surface area contributed by atoms with E-state index in [-0.39, 0.29) is 11.2 Å². The van der Waals surface area contributed by atoms with Gasteiger partial charge < -0.3 is 5.11 Å². The quantitative estimate of drug-likeness (QED) is 0.339. The van der Waals surface area contributed by atoms with Gasteiger partial charge in [0.2, 0.25) is 0 Å². The SMILES string of the molecule is CC1(C)c2ccc(-c3cccc(-c4cc5ccccc5cn4)c3)nc2-c2c(O)cccc21. The second-order valence-electron chi connectivity index (χ2n) is 8.91. The smallest absolute Gasteiger partial charge is 0.125 e. The lowest BCUT2D eigenvalue weighted by Crippen LogP contribution is -2.14. The van der Waals surface area contributed by atoms with E-state index in [4.69, 9.17) is 4.98 Å². The first-order chi connectivity index (χ1) is 15.5. The number of hydrogen-bond donors (Lipinski definition) is 1. The highest BCUT2D eigenvalue weighted by atomic mass is 16.3. The zero-order valence-electron chi connectivity index (χ0n) is 18.0. The topological polar surface area (TPSA) is 46.0 Å². The number of benzene rings is 3. The van der Waals surface area contributed by atoms with E-state index < -0.39 is 0 Å². The van der Waals surface area contributed by atoms with Crippen molar-refractivity contribution in [3.05, 3.63) is 102 Å². The summed E-state index contributed by atoms with van der Waals surface area (Å²) in [7, 11) is 0. The van der Waals surface area contributed by atoms with E-state index in [1.54, 1.807) is 6.07 Å². The van der Waals surface area contributed by atoms with Crippen LogP contribution in [0.25, 0.3) is 44.5 Å². The van der Waals surface area contributed by atoms with Gasteiger partial charge in [-0.05, 0) is 40.8 Å². The van der Waals surface area contributed by atoms with Crippen molar-refractivity contribution >= 4 is 10.8 Å². The summed E-state index contributed by atoms with van der Waals surface area (Å²) in [5, 5.41) is 12.9. The Bertz CT molecular complexity index is 1520. The fourth-order valence-corrected chi connectivity index (χ4v) is 4.85. The van der Waals surface area contributed by atoms with Crippen molar-refractivity contribution in [2.45, 2.75) is 19.3 Å². The predicted octanol–water partition coefficient (Wildman–Crippen LogP) is 6.98. The monoisotopic (exact) mass is 414 g/mol. The first-order valence-electron chi connectivity index (χ1n) is 10.8. The molecule has 0 radical (unpaired) electrons. The average molecular weight is 415 g/mol. The van der Waals surface area contributed by atoms with Crippen molar-refractivity contribution in [3.63, 3.8) is 0 Å². The number of phenolic OH excluding ortho intramolecular Hbond substituents is 1. The highest BCUT2D eigenvalue weighted by molar-refractivity contribution is 5.86. The number of phenols is 1. The van der Waals surface area contributed by atoms with Crippen molar-refractivity contribution in [3.8, 4) is 39.5 Å². The van der Waals surface area contributed by atoms with E-state index in [0.717, 1.165) is 50.3 Å². The minimum atomic E-state index is -0.189. The molecule has 3 nitrogen and oxygen atoms in total. The van der Waals surface area contributed by atoms with Crippen LogP contribution in [0.2, 0.25) is 0 Å². The molecular formula is C29H22N2O. The number of aromatic hydroxyl groups is 1. The first-order valence-corrected chi connectivity index (χ1v) is 10.8. The third kappa shape index (κ3) is 2.75. The number of hydrogen-bond acceptors (Lipinski definition) is 3. The molecule has 32 heavy (non-hydrogen) atoms. The molecule has 0 fully saturated rings. The lowest BCUT2D eigenvalue weighted by molar-refractivity contribution is 0.476. The molecule has 0 bridgehead atoms. The zero-order chi connectivity index (χ0) is 21.9. The van der Waals surface area contributed by atoms with Crippen molar-refractivity contribution in [1.82, 2.24) is 9.97 Å². The van der Waals surface area contributed by atoms with E-state index in [0.29, 0.717) is 0 Å². The van der Waals surface area contributed by atoms with Crippen molar-refractivity contribution in [1.29, 1.82) is 0 Å². The summed E-state index contributed by atoms with van der Waals surface area (Å²) in [6.45, 7) is 4.37. The molecule has 3 aromatic carbocycles. The first kappa shape index (κ1) is 18.8. The van der Waals surface area contributed by atoms with Crippen molar-refractivity contribution < 1.29 is 5.11 Å². The summed E-state index contributed by atoms with van der Waals surface area (Å²) in [5.41, 5.74) is 7.70. The molecule has 3 heteroatoms. The molecule has 1 aliphatic carbocycles. The molecular weight excluding hydrogens is 392 g/mol. The van der Waals surface area contributed by atoms with Gasteiger partial charge in [0.15, 0.2) is 0 Å². The number of aromatic nitrogens is 2. The molecule has 0 spiro atoms. The van der Waals surface area contributed by atoms with Crippen LogP contribution in [0, 0.1) is 0 Å². The Morgan fingerprint density at radius 2 is 1.44 bits per heavy atom. The Kier molecular flexibility index (Phi) is 3.96. The minimum absolute atomic E-state index is 0.189. The highest BCUT2D eigenvalue weighted by Crippen LogP contribution is 2.51. The van der Waals surface area contributed by atoms with Crippen LogP contribution in [-0.2, 0) is 5.41 Å². The number of fused-ring (bicyclic) bond motifs is 4. The largest absolute Gasteiger partial charge is 0.507 e. The van der Waals surface area contributed by atoms with Gasteiger partial charge in [0, 0.05) is 33.7 Å². The highest BCUT2D eigenvalue weighted by Gasteiger charge is 2.38. The van der Waals surface area contributed by atoms with Crippen LogP contribution in [0.4, 0.5) is 0 Å². The van der Waals surface area contributed by atoms with Gasteiger partial charge in [-0.25, -0.2) is 4.98 Å². The van der Waals surface area contributed by atoms with Crippen LogP contribution in [-0.4, -0.2) is 15.1 Å². The van der Waals surface area contributed by atoms with Crippen molar-refractivity contribution in [2.75, 3.05) is 0 Å². The molecule has 1 N–H and O–H groups in total. The van der Waals surface area contributed by atoms with Gasteiger partial charge in [-0.1, -0.05) is 74.5 Å². The summed E-state index contributed by atoms with van der Waals surface area (Å²) < 4.78 is 0. The third-order valence-electron chi connectivity index (χ3n) is 6.61. The van der Waals surface area contributed by atoms with Crippen LogP contribution in [0.3, 0.4) is 0 Å². The molecule has 154 valence electrons. The van der Waals surface area contributed by atoms with Gasteiger partial charge in [0.05, 0.1) is 17.1 Å². The molecule has 1 aliphatic rings. The number of nitrogens with zero attached hydrogens (tertiary/aromatic N) is 2. The Hall–Kier alpha value is -3.98. The molecule has 0 amide bonds. The molecule has 0 unspecified atom stereocenters.